The van der Waals surface area contributed by atoms with E-state index in [0.717, 1.165) is 11.1 Å². The molecule has 0 radical (unpaired) electrons. The van der Waals surface area contributed by atoms with E-state index < -0.39 is 5.41 Å². The molecule has 13 heavy (non-hydrogen) atoms. The van der Waals surface area contributed by atoms with Gasteiger partial charge in [0.15, 0.2) is 0 Å². The summed E-state index contributed by atoms with van der Waals surface area (Å²) in [5, 5.41) is 0. The molecule has 0 heterocycles. The first-order valence-electron chi connectivity index (χ1n) is 4.45. The van der Waals surface area contributed by atoms with Crippen LogP contribution in [0.2, 0.25) is 0 Å². The molecule has 1 rings (SSSR count). The van der Waals surface area contributed by atoms with Crippen molar-refractivity contribution in [3.8, 4) is 0 Å². The molecule has 0 saturated heterocycles. The van der Waals surface area contributed by atoms with Gasteiger partial charge in [-0.25, -0.2) is 0 Å². The molecule has 0 aliphatic rings. The van der Waals surface area contributed by atoms with Gasteiger partial charge in [0, 0.05) is 12.0 Å². The minimum absolute atomic E-state index is 0.346. The van der Waals surface area contributed by atoms with Gasteiger partial charge in [-0.05, 0) is 11.1 Å². The molecule has 2 N–H and O–H groups in total. The Bertz CT molecular complexity index is 281. The van der Waals surface area contributed by atoms with Crippen LogP contribution < -0.4 is 5.73 Å². The largest absolute Gasteiger partial charge is 0.326 e. The van der Waals surface area contributed by atoms with Crippen LogP contribution in [-0.2, 0) is 12.0 Å². The maximum Gasteiger partial charge on any atom is 0.0985 e. The zero-order valence-electron chi connectivity index (χ0n) is 8.18. The number of alkyl halides is 1. The summed E-state index contributed by atoms with van der Waals surface area (Å²) in [6.07, 6.45) is 0. The fourth-order valence-corrected chi connectivity index (χ4v) is 1.20. The normalized spacial score (nSPS) is 11.7. The minimum Gasteiger partial charge on any atom is -0.326 e. The molecular weight excluding hydrogens is 165 g/mol. The van der Waals surface area contributed by atoms with Crippen LogP contribution in [0.15, 0.2) is 24.3 Å². The van der Waals surface area contributed by atoms with Gasteiger partial charge in [-0.15, -0.1) is 0 Å². The third-order valence-corrected chi connectivity index (χ3v) is 2.28. The van der Waals surface area contributed by atoms with E-state index in [1.165, 1.54) is 0 Å². The second-order valence-corrected chi connectivity index (χ2v) is 3.92. The summed E-state index contributed by atoms with van der Waals surface area (Å²) in [5.41, 5.74) is 7.18. The van der Waals surface area contributed by atoms with Crippen molar-refractivity contribution in [2.24, 2.45) is 5.73 Å². The molecule has 1 aromatic rings. The van der Waals surface area contributed by atoms with Gasteiger partial charge in [0.1, 0.15) is 0 Å². The van der Waals surface area contributed by atoms with Crippen LogP contribution in [0.3, 0.4) is 0 Å². The van der Waals surface area contributed by atoms with Crippen LogP contribution in [0.25, 0.3) is 0 Å². The summed E-state index contributed by atoms with van der Waals surface area (Å²) in [7, 11) is 0. The van der Waals surface area contributed by atoms with Gasteiger partial charge in [0.25, 0.3) is 0 Å². The van der Waals surface area contributed by atoms with Gasteiger partial charge in [0.2, 0.25) is 0 Å². The molecule has 0 atom stereocenters. The van der Waals surface area contributed by atoms with E-state index >= 15 is 0 Å². The lowest BCUT2D eigenvalue weighted by molar-refractivity contribution is 0.351. The molecule has 0 aromatic heterocycles. The highest BCUT2D eigenvalue weighted by atomic mass is 19.1. The highest BCUT2D eigenvalue weighted by Gasteiger charge is 2.19. The van der Waals surface area contributed by atoms with Crippen LogP contribution in [0.1, 0.15) is 25.0 Å². The molecule has 72 valence electrons. The molecule has 1 aromatic carbocycles. The fourth-order valence-electron chi connectivity index (χ4n) is 1.20. The average Bonchev–Trinajstić information content (AvgIpc) is 2.18. The van der Waals surface area contributed by atoms with E-state index in [4.69, 9.17) is 5.73 Å². The molecule has 0 spiro atoms. The first-order chi connectivity index (χ1) is 6.10. The number of rotatable bonds is 3. The number of hydrogen-bond donors (Lipinski definition) is 1. The number of benzene rings is 1. The van der Waals surface area contributed by atoms with Gasteiger partial charge in [-0.1, -0.05) is 38.1 Å². The van der Waals surface area contributed by atoms with Crippen LogP contribution in [0.5, 0.6) is 0 Å². The molecule has 0 aliphatic heterocycles. The maximum atomic E-state index is 12.7. The van der Waals surface area contributed by atoms with Crippen molar-refractivity contribution in [1.29, 1.82) is 0 Å². The molecule has 0 aliphatic carbocycles. The Morgan fingerprint density at radius 2 is 2.08 bits per heavy atom. The minimum atomic E-state index is -0.398. The Morgan fingerprint density at radius 1 is 1.38 bits per heavy atom. The lowest BCUT2D eigenvalue weighted by atomic mass is 9.85. The van der Waals surface area contributed by atoms with Crippen LogP contribution in [0.4, 0.5) is 4.39 Å². The summed E-state index contributed by atoms with van der Waals surface area (Å²) >= 11 is 0. The molecule has 0 saturated carbocycles. The molecule has 1 nitrogen and oxygen atoms in total. The van der Waals surface area contributed by atoms with Crippen molar-refractivity contribution in [1.82, 2.24) is 0 Å². The van der Waals surface area contributed by atoms with Crippen molar-refractivity contribution in [3.63, 3.8) is 0 Å². The fraction of sp³-hybridized carbons (Fsp3) is 0.455. The molecule has 0 fully saturated rings. The third kappa shape index (κ3) is 2.28. The van der Waals surface area contributed by atoms with Gasteiger partial charge in [-0.2, -0.15) is 0 Å². The first-order valence-corrected chi connectivity index (χ1v) is 4.45. The molecule has 0 bridgehead atoms. The second kappa shape index (κ2) is 3.88. The van der Waals surface area contributed by atoms with Gasteiger partial charge >= 0.3 is 0 Å². The molecule has 0 amide bonds. The second-order valence-electron chi connectivity index (χ2n) is 3.92. The molecule has 2 heteroatoms. The predicted octanol–water partition coefficient (Wildman–Crippen LogP) is 2.39. The number of hydrogen-bond acceptors (Lipinski definition) is 1. The standard InChI is InChI=1S/C11H16FN/c1-11(2,8-12)10-5-3-4-9(6-10)7-13/h3-6H,7-8,13H2,1-2H3. The Hall–Kier alpha value is -0.890. The van der Waals surface area contributed by atoms with Gasteiger partial charge in [-0.3, -0.25) is 4.39 Å². The van der Waals surface area contributed by atoms with Crippen LogP contribution in [-0.4, -0.2) is 6.67 Å². The van der Waals surface area contributed by atoms with E-state index in [1.807, 2.05) is 38.1 Å². The highest BCUT2D eigenvalue weighted by molar-refractivity contribution is 5.29. The predicted molar refractivity (Wildman–Crippen MR) is 53.3 cm³/mol. The van der Waals surface area contributed by atoms with Crippen LogP contribution >= 0.6 is 0 Å². The van der Waals surface area contributed by atoms with Gasteiger partial charge < -0.3 is 5.73 Å². The number of nitrogens with two attached hydrogens (primary N) is 1. The zero-order valence-corrected chi connectivity index (χ0v) is 8.18. The summed E-state index contributed by atoms with van der Waals surface area (Å²) in [6, 6.07) is 7.80. The monoisotopic (exact) mass is 181 g/mol. The van der Waals surface area contributed by atoms with E-state index in [2.05, 4.69) is 0 Å². The first kappa shape index (κ1) is 10.2. The molecule has 0 unspecified atom stereocenters. The van der Waals surface area contributed by atoms with Gasteiger partial charge in [0.05, 0.1) is 6.67 Å². The summed E-state index contributed by atoms with van der Waals surface area (Å²) in [4.78, 5) is 0. The summed E-state index contributed by atoms with van der Waals surface area (Å²) in [5.74, 6) is 0. The van der Waals surface area contributed by atoms with E-state index in [0.29, 0.717) is 6.54 Å². The van der Waals surface area contributed by atoms with Crippen molar-refractivity contribution >= 4 is 0 Å². The third-order valence-electron chi connectivity index (χ3n) is 2.28. The Labute approximate surface area is 78.8 Å². The molecular formula is C11H16FN. The van der Waals surface area contributed by atoms with E-state index in [1.54, 1.807) is 0 Å². The van der Waals surface area contributed by atoms with Crippen molar-refractivity contribution in [3.05, 3.63) is 35.4 Å². The van der Waals surface area contributed by atoms with E-state index in [9.17, 15) is 4.39 Å². The smallest absolute Gasteiger partial charge is 0.0985 e. The quantitative estimate of drug-likeness (QED) is 0.761. The van der Waals surface area contributed by atoms with Crippen molar-refractivity contribution in [2.75, 3.05) is 6.67 Å². The lowest BCUT2D eigenvalue weighted by Gasteiger charge is -2.21. The summed E-state index contributed by atoms with van der Waals surface area (Å²) in [6.45, 7) is 3.95. The van der Waals surface area contributed by atoms with E-state index in [-0.39, 0.29) is 6.67 Å². The summed E-state index contributed by atoms with van der Waals surface area (Å²) < 4.78 is 12.7. The number of halogens is 1. The Morgan fingerprint density at radius 3 is 2.62 bits per heavy atom. The highest BCUT2D eigenvalue weighted by Crippen LogP contribution is 2.24. The van der Waals surface area contributed by atoms with Crippen molar-refractivity contribution in [2.45, 2.75) is 25.8 Å². The zero-order chi connectivity index (χ0) is 9.90. The average molecular weight is 181 g/mol. The SMILES string of the molecule is CC(C)(CF)c1cccc(CN)c1. The topological polar surface area (TPSA) is 26.0 Å². The Balaban J connectivity index is 3.01. The van der Waals surface area contributed by atoms with Crippen LogP contribution in [0, 0.1) is 0 Å². The lowest BCUT2D eigenvalue weighted by Crippen LogP contribution is -2.19. The maximum absolute atomic E-state index is 12.7. The van der Waals surface area contributed by atoms with Crippen molar-refractivity contribution < 1.29 is 4.39 Å². The Kier molecular flexibility index (Phi) is 3.04.